The molecule has 9 heteroatoms. The lowest BCUT2D eigenvalue weighted by atomic mass is 10.1. The van der Waals surface area contributed by atoms with Gasteiger partial charge < -0.3 is 13.9 Å². The van der Waals surface area contributed by atoms with E-state index in [0.717, 1.165) is 5.56 Å². The molecular formula is C25H21NO7S. The molecule has 1 heterocycles. The van der Waals surface area contributed by atoms with Crippen LogP contribution in [0.2, 0.25) is 0 Å². The Bertz CT molecular complexity index is 1540. The van der Waals surface area contributed by atoms with Crippen LogP contribution in [0.4, 0.5) is 5.69 Å². The first-order valence-corrected chi connectivity index (χ1v) is 11.7. The summed E-state index contributed by atoms with van der Waals surface area (Å²) in [5, 5.41) is 0.648. The zero-order valence-corrected chi connectivity index (χ0v) is 19.2. The van der Waals surface area contributed by atoms with Gasteiger partial charge in [-0.3, -0.25) is 4.72 Å². The van der Waals surface area contributed by atoms with Crippen LogP contribution < -0.4 is 15.1 Å². The third-order valence-corrected chi connectivity index (χ3v) is 6.44. The van der Waals surface area contributed by atoms with Crippen molar-refractivity contribution in [2.75, 3.05) is 11.8 Å². The van der Waals surface area contributed by atoms with Gasteiger partial charge in [0.2, 0.25) is 0 Å². The predicted octanol–water partition coefficient (Wildman–Crippen LogP) is 4.27. The maximum absolute atomic E-state index is 12.9. The molecule has 0 saturated carbocycles. The first kappa shape index (κ1) is 23.1. The van der Waals surface area contributed by atoms with E-state index in [9.17, 15) is 18.0 Å². The number of nitrogens with one attached hydrogen (secondary N) is 1. The summed E-state index contributed by atoms with van der Waals surface area (Å²) in [6.45, 7) is 1.69. The number of para-hydroxylation sites is 2. The van der Waals surface area contributed by atoms with E-state index in [4.69, 9.17) is 13.9 Å². The van der Waals surface area contributed by atoms with E-state index in [-0.39, 0.29) is 22.8 Å². The fourth-order valence-corrected chi connectivity index (χ4v) is 4.52. The molecule has 174 valence electrons. The predicted molar refractivity (Wildman–Crippen MR) is 127 cm³/mol. The van der Waals surface area contributed by atoms with Gasteiger partial charge in [-0.15, -0.1) is 0 Å². The number of rotatable bonds is 7. The molecule has 4 aromatic rings. The lowest BCUT2D eigenvalue weighted by molar-refractivity contribution is 0.0473. The molecule has 0 aliphatic heterocycles. The highest BCUT2D eigenvalue weighted by molar-refractivity contribution is 7.92. The summed E-state index contributed by atoms with van der Waals surface area (Å²) in [5.41, 5.74) is 1.56. The number of benzene rings is 3. The highest BCUT2D eigenvalue weighted by atomic mass is 32.2. The number of hydrogen-bond acceptors (Lipinski definition) is 7. The number of fused-ring (bicyclic) bond motifs is 1. The smallest absolute Gasteiger partial charge is 0.338 e. The Morgan fingerprint density at radius 2 is 1.79 bits per heavy atom. The van der Waals surface area contributed by atoms with Crippen LogP contribution in [0.1, 0.15) is 21.5 Å². The van der Waals surface area contributed by atoms with Crippen molar-refractivity contribution in [3.8, 4) is 5.75 Å². The van der Waals surface area contributed by atoms with E-state index < -0.39 is 21.6 Å². The summed E-state index contributed by atoms with van der Waals surface area (Å²) in [5.74, 6) is -0.376. The van der Waals surface area contributed by atoms with E-state index in [0.29, 0.717) is 22.3 Å². The van der Waals surface area contributed by atoms with Crippen LogP contribution in [0.3, 0.4) is 0 Å². The average Bonchev–Trinajstić information content (AvgIpc) is 2.82. The maximum Gasteiger partial charge on any atom is 0.338 e. The Balaban J connectivity index is 1.55. The van der Waals surface area contributed by atoms with Crippen LogP contribution in [-0.2, 0) is 21.4 Å². The van der Waals surface area contributed by atoms with Crippen LogP contribution in [0, 0.1) is 6.92 Å². The molecule has 8 nitrogen and oxygen atoms in total. The van der Waals surface area contributed by atoms with Crippen molar-refractivity contribution in [3.63, 3.8) is 0 Å². The summed E-state index contributed by atoms with van der Waals surface area (Å²) in [4.78, 5) is 24.4. The van der Waals surface area contributed by atoms with Gasteiger partial charge in [0.15, 0.2) is 0 Å². The van der Waals surface area contributed by atoms with Gasteiger partial charge in [-0.05, 0) is 48.9 Å². The molecule has 34 heavy (non-hydrogen) atoms. The number of aryl methyl sites for hydroxylation is 1. The van der Waals surface area contributed by atoms with E-state index >= 15 is 0 Å². The van der Waals surface area contributed by atoms with Crippen LogP contribution >= 0.6 is 0 Å². The quantitative estimate of drug-likeness (QED) is 0.311. The number of esters is 1. The minimum atomic E-state index is -4.00. The normalized spacial score (nSPS) is 11.2. The van der Waals surface area contributed by atoms with Gasteiger partial charge >= 0.3 is 11.6 Å². The van der Waals surface area contributed by atoms with Crippen molar-refractivity contribution >= 4 is 32.6 Å². The summed E-state index contributed by atoms with van der Waals surface area (Å²) < 4.78 is 44.0. The van der Waals surface area contributed by atoms with Crippen LogP contribution in [-0.4, -0.2) is 21.5 Å². The molecule has 4 rings (SSSR count). The minimum absolute atomic E-state index is 0.0472. The molecule has 1 N–H and O–H groups in total. The number of anilines is 1. The topological polar surface area (TPSA) is 112 Å². The SMILES string of the molecule is COc1ccccc1NS(=O)(=O)c1cccc(C(=O)OCc2cc(=O)oc3cc(C)ccc23)c1. The van der Waals surface area contributed by atoms with Gasteiger partial charge in [0.05, 0.1) is 23.3 Å². The fraction of sp³-hybridized carbons (Fsp3) is 0.120. The first-order chi connectivity index (χ1) is 16.3. The van der Waals surface area contributed by atoms with E-state index in [2.05, 4.69) is 4.72 Å². The van der Waals surface area contributed by atoms with Crippen LogP contribution in [0.25, 0.3) is 11.0 Å². The molecule has 1 aromatic heterocycles. The summed E-state index contributed by atoms with van der Waals surface area (Å²) >= 11 is 0. The molecule has 0 amide bonds. The van der Waals surface area contributed by atoms with Crippen molar-refractivity contribution in [2.45, 2.75) is 18.4 Å². The van der Waals surface area contributed by atoms with Gasteiger partial charge in [0.1, 0.15) is 17.9 Å². The largest absolute Gasteiger partial charge is 0.495 e. The number of carbonyl (C=O) groups excluding carboxylic acids is 1. The molecule has 0 fully saturated rings. The second-order valence-corrected chi connectivity index (χ2v) is 9.18. The van der Waals surface area contributed by atoms with Gasteiger partial charge in [-0.25, -0.2) is 18.0 Å². The van der Waals surface area contributed by atoms with E-state index in [1.54, 1.807) is 36.4 Å². The van der Waals surface area contributed by atoms with Crippen molar-refractivity contribution in [3.05, 3.63) is 99.9 Å². The molecule has 0 aliphatic carbocycles. The van der Waals surface area contributed by atoms with Crippen molar-refractivity contribution in [1.29, 1.82) is 0 Å². The molecule has 0 atom stereocenters. The fourth-order valence-electron chi connectivity index (χ4n) is 3.41. The van der Waals surface area contributed by atoms with Crippen LogP contribution in [0.15, 0.2) is 86.9 Å². The molecule has 0 spiro atoms. The van der Waals surface area contributed by atoms with Crippen molar-refractivity contribution in [1.82, 2.24) is 0 Å². The molecule has 0 bridgehead atoms. The zero-order valence-electron chi connectivity index (χ0n) is 18.4. The average molecular weight is 480 g/mol. The Labute approximate surface area is 195 Å². The summed E-state index contributed by atoms with van der Waals surface area (Å²) in [6.07, 6.45) is 0. The number of carbonyl (C=O) groups is 1. The van der Waals surface area contributed by atoms with Gasteiger partial charge in [-0.1, -0.05) is 30.3 Å². The third kappa shape index (κ3) is 4.94. The Morgan fingerprint density at radius 3 is 2.59 bits per heavy atom. The van der Waals surface area contributed by atoms with Gasteiger partial charge in [0.25, 0.3) is 10.0 Å². The monoisotopic (exact) mass is 479 g/mol. The molecule has 0 saturated heterocycles. The summed E-state index contributed by atoms with van der Waals surface area (Å²) in [6, 6.07) is 18.7. The van der Waals surface area contributed by atoms with Crippen molar-refractivity contribution in [2.24, 2.45) is 0 Å². The lowest BCUT2D eigenvalue weighted by Gasteiger charge is -2.12. The molecule has 0 radical (unpaired) electrons. The Kier molecular flexibility index (Phi) is 6.38. The number of hydrogen-bond donors (Lipinski definition) is 1. The molecule has 0 unspecified atom stereocenters. The van der Waals surface area contributed by atoms with E-state index in [1.165, 1.54) is 37.4 Å². The van der Waals surface area contributed by atoms with Gasteiger partial charge in [-0.2, -0.15) is 0 Å². The van der Waals surface area contributed by atoms with E-state index in [1.807, 2.05) is 13.0 Å². The molecule has 0 aliphatic rings. The molecule has 3 aromatic carbocycles. The molecular weight excluding hydrogens is 458 g/mol. The second-order valence-electron chi connectivity index (χ2n) is 7.50. The Morgan fingerprint density at radius 1 is 1.00 bits per heavy atom. The van der Waals surface area contributed by atoms with Crippen molar-refractivity contribution < 1.29 is 27.1 Å². The first-order valence-electron chi connectivity index (χ1n) is 10.2. The number of sulfonamides is 1. The van der Waals surface area contributed by atoms with Crippen LogP contribution in [0.5, 0.6) is 5.75 Å². The highest BCUT2D eigenvalue weighted by Gasteiger charge is 2.19. The van der Waals surface area contributed by atoms with Gasteiger partial charge in [0, 0.05) is 17.0 Å². The summed E-state index contributed by atoms with van der Waals surface area (Å²) in [7, 11) is -2.56. The lowest BCUT2D eigenvalue weighted by Crippen LogP contribution is -2.15. The third-order valence-electron chi connectivity index (χ3n) is 5.08. The highest BCUT2D eigenvalue weighted by Crippen LogP contribution is 2.26. The number of methoxy groups -OCH3 is 1. The number of ether oxygens (including phenoxy) is 2. The maximum atomic E-state index is 12.9. The second kappa shape index (κ2) is 9.40. The zero-order chi connectivity index (χ0) is 24.3. The standard InChI is InChI=1S/C25H21NO7S/c1-16-10-11-20-18(14-24(27)33-23(20)12-16)15-32-25(28)17-6-5-7-19(13-17)34(29,30)26-21-8-3-4-9-22(21)31-2/h3-14,26H,15H2,1-2H3. The Hall–Kier alpha value is -4.11. The minimum Gasteiger partial charge on any atom is -0.495 e.